The van der Waals surface area contributed by atoms with E-state index in [1.807, 2.05) is 24.5 Å². The molecule has 0 spiro atoms. The second kappa shape index (κ2) is 11.9. The number of carbonyl (C=O) groups excluding carboxylic acids is 1. The number of nitrogens with zero attached hydrogens (tertiary/aromatic N) is 2. The van der Waals surface area contributed by atoms with E-state index in [-0.39, 0.29) is 17.2 Å². The zero-order chi connectivity index (χ0) is 24.4. The molecule has 3 aromatic rings. The number of hydrogen-bond donors (Lipinski definition) is 3. The average molecular weight is 471 g/mol. The molecule has 0 aliphatic carbocycles. The first-order valence-electron chi connectivity index (χ1n) is 10.7. The minimum absolute atomic E-state index is 0.0843. The van der Waals surface area contributed by atoms with Crippen LogP contribution in [0.2, 0.25) is 0 Å². The van der Waals surface area contributed by atoms with Crippen molar-refractivity contribution in [3.05, 3.63) is 73.1 Å². The molecule has 0 saturated carbocycles. The molecule has 1 heterocycles. The molecule has 1 amide bonds. The second-order valence-corrected chi connectivity index (χ2v) is 8.90. The Hall–Kier alpha value is -3.59. The maximum Gasteiger partial charge on any atom is 0.264 e. The van der Waals surface area contributed by atoms with E-state index in [0.29, 0.717) is 29.3 Å². The highest BCUT2D eigenvalue weighted by Gasteiger charge is 2.23. The highest BCUT2D eigenvalue weighted by molar-refractivity contribution is 7.92. The summed E-state index contributed by atoms with van der Waals surface area (Å²) in [7, 11) is -0.590. The van der Waals surface area contributed by atoms with Gasteiger partial charge in [0.15, 0.2) is 18.9 Å². The van der Waals surface area contributed by atoms with Gasteiger partial charge in [-0.2, -0.15) is 0 Å². The van der Waals surface area contributed by atoms with E-state index < -0.39 is 10.0 Å². The number of pyridine rings is 1. The number of hydrogen-bond acceptors (Lipinski definition) is 5. The van der Waals surface area contributed by atoms with Crippen LogP contribution in [0.3, 0.4) is 0 Å². The van der Waals surface area contributed by atoms with Crippen molar-refractivity contribution < 1.29 is 17.8 Å². The molecule has 0 atom stereocenters. The third-order valence-corrected chi connectivity index (χ3v) is 6.61. The van der Waals surface area contributed by atoms with Gasteiger partial charge in [-0.05, 0) is 30.3 Å². The molecule has 9 heteroatoms. The van der Waals surface area contributed by atoms with Gasteiger partial charge in [0.1, 0.15) is 0 Å². The number of aryl methyl sites for hydroxylation is 1. The lowest BCUT2D eigenvalue weighted by Gasteiger charge is -2.20. The highest BCUT2D eigenvalue weighted by atomic mass is 32.2. The van der Waals surface area contributed by atoms with Crippen LogP contribution >= 0.6 is 0 Å². The van der Waals surface area contributed by atoms with Crippen LogP contribution in [0.1, 0.15) is 20.3 Å². The highest BCUT2D eigenvalue weighted by Crippen LogP contribution is 2.28. The van der Waals surface area contributed by atoms with Gasteiger partial charge < -0.3 is 16.4 Å². The van der Waals surface area contributed by atoms with Crippen molar-refractivity contribution in [3.63, 3.8) is 0 Å². The summed E-state index contributed by atoms with van der Waals surface area (Å²) in [5.74, 6) is -0.230. The van der Waals surface area contributed by atoms with Gasteiger partial charge in [0, 0.05) is 31.9 Å². The summed E-state index contributed by atoms with van der Waals surface area (Å²) < 4.78 is 29.2. The number of sulfonamides is 1. The minimum Gasteiger partial charge on any atom is -0.398 e. The molecule has 0 radical (unpaired) electrons. The number of benzene rings is 2. The number of nitrogens with one attached hydrogen (secondary N) is 2. The first-order valence-corrected chi connectivity index (χ1v) is 12.2. The zero-order valence-electron chi connectivity index (χ0n) is 19.4. The number of para-hydroxylation sites is 1. The van der Waals surface area contributed by atoms with Gasteiger partial charge in [0.25, 0.3) is 10.0 Å². The molecule has 2 aromatic carbocycles. The fraction of sp³-hybridized carbons (Fsp3) is 0.250. The first kappa shape index (κ1) is 25.7. The monoisotopic (exact) mass is 470 g/mol. The molecular formula is C24H32N5O3S+. The Morgan fingerprint density at radius 1 is 1.00 bits per heavy atom. The Balaban J connectivity index is 0.00000187. The normalized spacial score (nSPS) is 10.5. The fourth-order valence-electron chi connectivity index (χ4n) is 3.00. The number of carbonyl (C=O) groups is 1. The van der Waals surface area contributed by atoms with Crippen LogP contribution in [0.15, 0.2) is 78.0 Å². The SMILES string of the molecule is CC.CNc1ccc(S(=O)(=O)N(C)c2ccccc2)cc1NC(=O)CC[n+]1ccc(N)cc1. The fourth-order valence-corrected chi connectivity index (χ4v) is 4.22. The average Bonchev–Trinajstić information content (AvgIpc) is 2.85. The van der Waals surface area contributed by atoms with Gasteiger partial charge in [-0.1, -0.05) is 32.0 Å². The molecule has 33 heavy (non-hydrogen) atoms. The van der Waals surface area contributed by atoms with E-state index in [2.05, 4.69) is 10.6 Å². The number of rotatable bonds is 8. The summed E-state index contributed by atoms with van der Waals surface area (Å²) in [6.07, 6.45) is 3.82. The summed E-state index contributed by atoms with van der Waals surface area (Å²) in [5, 5.41) is 5.79. The van der Waals surface area contributed by atoms with Crippen LogP contribution in [0.25, 0.3) is 0 Å². The minimum atomic E-state index is -3.80. The van der Waals surface area contributed by atoms with Crippen LogP contribution in [0.4, 0.5) is 22.7 Å². The Morgan fingerprint density at radius 2 is 1.64 bits per heavy atom. The second-order valence-electron chi connectivity index (χ2n) is 6.93. The van der Waals surface area contributed by atoms with E-state index in [4.69, 9.17) is 5.73 Å². The van der Waals surface area contributed by atoms with Gasteiger partial charge in [0.05, 0.1) is 28.4 Å². The van der Waals surface area contributed by atoms with E-state index in [1.54, 1.807) is 61.9 Å². The van der Waals surface area contributed by atoms with Crippen LogP contribution in [-0.2, 0) is 21.4 Å². The number of nitrogen functional groups attached to an aromatic ring is 1. The van der Waals surface area contributed by atoms with Crippen molar-refractivity contribution in [1.82, 2.24) is 0 Å². The lowest BCUT2D eigenvalue weighted by molar-refractivity contribution is -0.695. The number of aromatic nitrogens is 1. The van der Waals surface area contributed by atoms with E-state index >= 15 is 0 Å². The molecule has 4 N–H and O–H groups in total. The molecule has 1 aromatic heterocycles. The van der Waals surface area contributed by atoms with Crippen LogP contribution in [0, 0.1) is 0 Å². The van der Waals surface area contributed by atoms with Gasteiger partial charge in [0.2, 0.25) is 5.91 Å². The lowest BCUT2D eigenvalue weighted by atomic mass is 10.2. The van der Waals surface area contributed by atoms with Crippen molar-refractivity contribution in [3.8, 4) is 0 Å². The third-order valence-electron chi connectivity index (χ3n) is 4.83. The van der Waals surface area contributed by atoms with Crippen LogP contribution in [-0.4, -0.2) is 28.4 Å². The van der Waals surface area contributed by atoms with Crippen molar-refractivity contribution >= 4 is 38.7 Å². The van der Waals surface area contributed by atoms with Crippen LogP contribution < -0.4 is 25.2 Å². The van der Waals surface area contributed by atoms with Crippen molar-refractivity contribution in [2.24, 2.45) is 0 Å². The third kappa shape index (κ3) is 6.69. The Morgan fingerprint density at radius 3 is 2.24 bits per heavy atom. The topological polar surface area (TPSA) is 108 Å². The predicted octanol–water partition coefficient (Wildman–Crippen LogP) is 3.48. The molecule has 176 valence electrons. The summed E-state index contributed by atoms with van der Waals surface area (Å²) >= 11 is 0. The molecule has 0 saturated heterocycles. The maximum atomic E-state index is 13.1. The van der Waals surface area contributed by atoms with Crippen molar-refractivity contribution in [2.45, 2.75) is 31.7 Å². The standard InChI is InChI=1S/C22H25N5O3S.C2H6/c1-24-20-9-8-19(31(29,30)26(2)18-6-4-3-5-7-18)16-21(20)25-22(28)12-15-27-13-10-17(23)11-14-27;1-2/h3-11,13-14,16,23-24H,12,15H2,1-2H3,(H,25,28);1-2H3/p+1. The van der Waals surface area contributed by atoms with E-state index in [1.165, 1.54) is 23.5 Å². The molecule has 3 rings (SSSR count). The van der Waals surface area contributed by atoms with Crippen LogP contribution in [0.5, 0.6) is 0 Å². The lowest BCUT2D eigenvalue weighted by Crippen LogP contribution is -2.34. The van der Waals surface area contributed by atoms with Crippen molar-refractivity contribution in [1.29, 1.82) is 0 Å². The molecule has 0 bridgehead atoms. The molecule has 8 nitrogen and oxygen atoms in total. The first-order chi connectivity index (χ1) is 15.8. The largest absolute Gasteiger partial charge is 0.398 e. The Kier molecular flexibility index (Phi) is 9.23. The van der Waals surface area contributed by atoms with Gasteiger partial charge in [-0.25, -0.2) is 13.0 Å². The maximum absolute atomic E-state index is 13.1. The molecule has 0 unspecified atom stereocenters. The number of anilines is 4. The summed E-state index contributed by atoms with van der Waals surface area (Å²) in [6.45, 7) is 4.47. The molecular weight excluding hydrogens is 438 g/mol. The smallest absolute Gasteiger partial charge is 0.264 e. The summed E-state index contributed by atoms with van der Waals surface area (Å²) in [4.78, 5) is 12.6. The number of nitrogens with two attached hydrogens (primary N) is 1. The predicted molar refractivity (Wildman–Crippen MR) is 134 cm³/mol. The van der Waals surface area contributed by atoms with Crippen molar-refractivity contribution in [2.75, 3.05) is 34.8 Å². The molecule has 0 aliphatic rings. The molecule has 0 aliphatic heterocycles. The summed E-state index contributed by atoms with van der Waals surface area (Å²) in [6, 6.07) is 16.9. The Bertz CT molecular complexity index is 1150. The molecule has 0 fully saturated rings. The zero-order valence-corrected chi connectivity index (χ0v) is 20.3. The van der Waals surface area contributed by atoms with Gasteiger partial charge in [-0.3, -0.25) is 9.10 Å². The summed E-state index contributed by atoms with van der Waals surface area (Å²) in [5.41, 5.74) is 7.89. The Labute approximate surface area is 196 Å². The van der Waals surface area contributed by atoms with Gasteiger partial charge in [-0.15, -0.1) is 0 Å². The quantitative estimate of drug-likeness (QED) is 0.437. The van der Waals surface area contributed by atoms with E-state index in [9.17, 15) is 13.2 Å². The number of amides is 1. The van der Waals surface area contributed by atoms with E-state index in [0.717, 1.165) is 0 Å². The van der Waals surface area contributed by atoms with Gasteiger partial charge >= 0.3 is 0 Å².